The molecule has 0 saturated heterocycles. The van der Waals surface area contributed by atoms with Crippen molar-refractivity contribution in [2.45, 2.75) is 0 Å². The van der Waals surface area contributed by atoms with Crippen molar-refractivity contribution in [3.05, 3.63) is 17.5 Å². The lowest BCUT2D eigenvalue weighted by Gasteiger charge is -2.11. The highest BCUT2D eigenvalue weighted by atomic mass is 35.5. The van der Waals surface area contributed by atoms with Crippen LogP contribution in [-0.2, 0) is 0 Å². The number of aromatic nitrogens is 2. The van der Waals surface area contributed by atoms with Gasteiger partial charge in [0.1, 0.15) is 0 Å². The lowest BCUT2D eigenvalue weighted by atomic mass is 10.6. The third kappa shape index (κ3) is 1.62. The Hall–Kier alpha value is -1.36. The van der Waals surface area contributed by atoms with Gasteiger partial charge in [-0.3, -0.25) is 4.90 Å². The van der Waals surface area contributed by atoms with Gasteiger partial charge in [-0.1, -0.05) is 11.6 Å². The Labute approximate surface area is 73.6 Å². The lowest BCUT2D eigenvalue weighted by Crippen LogP contribution is -2.25. The molecule has 0 fully saturated rings. The van der Waals surface area contributed by atoms with Crippen molar-refractivity contribution in [1.82, 2.24) is 9.97 Å². The topological polar surface area (TPSA) is 66.3 Å². The van der Waals surface area contributed by atoms with Gasteiger partial charge in [-0.2, -0.15) is 0 Å². The van der Waals surface area contributed by atoms with Gasteiger partial charge < -0.3 is 5.11 Å². The fourth-order valence-electron chi connectivity index (χ4n) is 0.629. The Balaban J connectivity index is 3.02. The highest BCUT2D eigenvalue weighted by molar-refractivity contribution is 6.32. The van der Waals surface area contributed by atoms with Crippen LogP contribution in [0.4, 0.5) is 10.6 Å². The molecule has 0 atom stereocenters. The molecule has 0 spiro atoms. The predicted molar refractivity (Wildman–Crippen MR) is 43.5 cm³/mol. The largest absolute Gasteiger partial charge is 0.465 e. The summed E-state index contributed by atoms with van der Waals surface area (Å²) in [4.78, 5) is 18.8. The van der Waals surface area contributed by atoms with Crippen molar-refractivity contribution in [3.8, 4) is 0 Å². The summed E-state index contributed by atoms with van der Waals surface area (Å²) in [6.45, 7) is 0. The maximum atomic E-state index is 10.5. The van der Waals surface area contributed by atoms with Gasteiger partial charge in [0, 0.05) is 19.4 Å². The van der Waals surface area contributed by atoms with Gasteiger partial charge in [0.25, 0.3) is 0 Å². The third-order valence-electron chi connectivity index (χ3n) is 1.24. The van der Waals surface area contributed by atoms with Crippen LogP contribution < -0.4 is 4.90 Å². The summed E-state index contributed by atoms with van der Waals surface area (Å²) in [5.74, 6) is 0.131. The molecule has 0 aliphatic carbocycles. The second kappa shape index (κ2) is 3.36. The Morgan fingerprint density at radius 2 is 2.17 bits per heavy atom. The van der Waals surface area contributed by atoms with Crippen LogP contribution in [0.25, 0.3) is 0 Å². The van der Waals surface area contributed by atoms with E-state index in [2.05, 4.69) is 9.97 Å². The van der Waals surface area contributed by atoms with E-state index in [9.17, 15) is 4.79 Å². The molecule has 0 unspecified atom stereocenters. The first kappa shape index (κ1) is 8.73. The summed E-state index contributed by atoms with van der Waals surface area (Å²) in [7, 11) is 1.35. The normalized spacial score (nSPS) is 9.50. The van der Waals surface area contributed by atoms with E-state index >= 15 is 0 Å². The van der Waals surface area contributed by atoms with Crippen molar-refractivity contribution >= 4 is 23.5 Å². The molecule has 1 heterocycles. The molecule has 6 heteroatoms. The van der Waals surface area contributed by atoms with Crippen LogP contribution in [-0.4, -0.2) is 28.2 Å². The number of hydrogen-bond acceptors (Lipinski definition) is 3. The van der Waals surface area contributed by atoms with Crippen molar-refractivity contribution < 1.29 is 9.90 Å². The van der Waals surface area contributed by atoms with E-state index in [1.165, 1.54) is 19.4 Å². The smallest absolute Gasteiger partial charge is 0.412 e. The number of halogens is 1. The van der Waals surface area contributed by atoms with E-state index < -0.39 is 6.09 Å². The zero-order valence-corrected chi connectivity index (χ0v) is 6.99. The average molecular weight is 188 g/mol. The van der Waals surface area contributed by atoms with E-state index in [1.54, 1.807) is 0 Å². The standard InChI is InChI=1S/C6H6ClN3O2/c1-10(6(11)12)5-4(7)8-2-3-9-5/h2-3H,1H3,(H,11,12). The molecule has 1 rings (SSSR count). The van der Waals surface area contributed by atoms with Crippen LogP contribution in [0.3, 0.4) is 0 Å². The van der Waals surface area contributed by atoms with Crippen LogP contribution in [0, 0.1) is 0 Å². The number of nitrogens with zero attached hydrogens (tertiary/aromatic N) is 3. The number of rotatable bonds is 1. The third-order valence-corrected chi connectivity index (χ3v) is 1.51. The summed E-state index contributed by atoms with van der Waals surface area (Å²) >= 11 is 5.58. The minimum atomic E-state index is -1.13. The van der Waals surface area contributed by atoms with Gasteiger partial charge in [-0.15, -0.1) is 0 Å². The van der Waals surface area contributed by atoms with E-state index in [4.69, 9.17) is 16.7 Å². The van der Waals surface area contributed by atoms with Gasteiger partial charge in [0.15, 0.2) is 11.0 Å². The molecule has 0 aliphatic rings. The fourth-order valence-corrected chi connectivity index (χ4v) is 0.861. The van der Waals surface area contributed by atoms with E-state index in [1.807, 2.05) is 0 Å². The SMILES string of the molecule is CN(C(=O)O)c1nccnc1Cl. The summed E-state index contributed by atoms with van der Waals surface area (Å²) < 4.78 is 0. The van der Waals surface area contributed by atoms with Crippen LogP contribution in [0.15, 0.2) is 12.4 Å². The highest BCUT2D eigenvalue weighted by Crippen LogP contribution is 2.17. The van der Waals surface area contributed by atoms with Crippen LogP contribution in [0.1, 0.15) is 0 Å². The zero-order valence-electron chi connectivity index (χ0n) is 6.23. The molecule has 64 valence electrons. The van der Waals surface area contributed by atoms with Gasteiger partial charge >= 0.3 is 6.09 Å². The van der Waals surface area contributed by atoms with Crippen molar-refractivity contribution in [3.63, 3.8) is 0 Å². The maximum Gasteiger partial charge on any atom is 0.412 e. The first-order valence-electron chi connectivity index (χ1n) is 3.06. The molecule has 1 amide bonds. The lowest BCUT2D eigenvalue weighted by molar-refractivity contribution is 0.203. The summed E-state index contributed by atoms with van der Waals surface area (Å²) in [6.07, 6.45) is 1.64. The fraction of sp³-hybridized carbons (Fsp3) is 0.167. The van der Waals surface area contributed by atoms with Gasteiger partial charge in [0.2, 0.25) is 0 Å². The molecule has 0 aliphatic heterocycles. The molecule has 1 N–H and O–H groups in total. The summed E-state index contributed by atoms with van der Waals surface area (Å²) in [6, 6.07) is 0. The van der Waals surface area contributed by atoms with Gasteiger partial charge in [-0.05, 0) is 0 Å². The van der Waals surface area contributed by atoms with Crippen molar-refractivity contribution in [1.29, 1.82) is 0 Å². The number of amides is 1. The molecule has 1 aromatic heterocycles. The molecule has 0 aromatic carbocycles. The average Bonchev–Trinajstić information content (AvgIpc) is 2.04. The van der Waals surface area contributed by atoms with E-state index in [-0.39, 0.29) is 11.0 Å². The molecule has 0 saturated carbocycles. The Kier molecular flexibility index (Phi) is 2.44. The van der Waals surface area contributed by atoms with Crippen LogP contribution >= 0.6 is 11.6 Å². The van der Waals surface area contributed by atoms with Gasteiger partial charge in [-0.25, -0.2) is 14.8 Å². The molecule has 5 nitrogen and oxygen atoms in total. The highest BCUT2D eigenvalue weighted by Gasteiger charge is 2.13. The maximum absolute atomic E-state index is 10.5. The second-order valence-electron chi connectivity index (χ2n) is 2.01. The van der Waals surface area contributed by atoms with Crippen LogP contribution in [0.2, 0.25) is 5.15 Å². The Morgan fingerprint density at radius 3 is 2.67 bits per heavy atom. The first-order chi connectivity index (χ1) is 5.63. The van der Waals surface area contributed by atoms with Crippen molar-refractivity contribution in [2.24, 2.45) is 0 Å². The molecule has 1 aromatic rings. The first-order valence-corrected chi connectivity index (χ1v) is 3.44. The summed E-state index contributed by atoms with van der Waals surface area (Å²) in [5, 5.41) is 8.63. The predicted octanol–water partition coefficient (Wildman–Crippen LogP) is 1.24. The van der Waals surface area contributed by atoms with E-state index in [0.29, 0.717) is 0 Å². The van der Waals surface area contributed by atoms with Gasteiger partial charge in [0.05, 0.1) is 0 Å². The molecule has 12 heavy (non-hydrogen) atoms. The van der Waals surface area contributed by atoms with E-state index in [0.717, 1.165) is 4.90 Å². The van der Waals surface area contributed by atoms with Crippen LogP contribution in [0.5, 0.6) is 0 Å². The molecular formula is C6H6ClN3O2. The number of carbonyl (C=O) groups is 1. The Morgan fingerprint density at radius 1 is 1.58 bits per heavy atom. The van der Waals surface area contributed by atoms with Crippen molar-refractivity contribution in [2.75, 3.05) is 11.9 Å². The minimum Gasteiger partial charge on any atom is -0.465 e. The number of anilines is 1. The number of hydrogen-bond donors (Lipinski definition) is 1. The molecule has 0 radical (unpaired) electrons. The quantitative estimate of drug-likeness (QED) is 0.719. The Bertz CT molecular complexity index is 305. The second-order valence-corrected chi connectivity index (χ2v) is 2.37. The molecular weight excluding hydrogens is 182 g/mol. The monoisotopic (exact) mass is 187 g/mol. The zero-order chi connectivity index (χ0) is 9.14. The molecule has 0 bridgehead atoms. The number of carboxylic acid groups (broad SMARTS) is 1. The minimum absolute atomic E-state index is 0.0717. The summed E-state index contributed by atoms with van der Waals surface area (Å²) in [5.41, 5.74) is 0.